The second-order valence-corrected chi connectivity index (χ2v) is 9.80. The molecule has 4 rings (SSSR count). The Hall–Kier alpha value is -4.06. The Bertz CT molecular complexity index is 1320. The molecule has 1 saturated carbocycles. The fraction of sp³-hybridized carbons (Fsp3) is 0.440. The van der Waals surface area contributed by atoms with Gasteiger partial charge in [0, 0.05) is 39.0 Å². The van der Waals surface area contributed by atoms with Crippen molar-refractivity contribution < 1.29 is 28.3 Å². The number of carbonyl (C=O) groups is 3. The maximum Gasteiger partial charge on any atom is 0.415 e. The van der Waals surface area contributed by atoms with Crippen molar-refractivity contribution in [3.8, 4) is 0 Å². The molecule has 12 nitrogen and oxygen atoms in total. The summed E-state index contributed by atoms with van der Waals surface area (Å²) < 4.78 is 17.7. The number of methoxy groups -OCH3 is 1. The standard InChI is InChI=1S/C25H32N6O6/c1-25(2,3)37-24(34)30(5)20-12-14(28-17-9-10-36-21(17)23(33)26-4)11-18-15(13-27-31(18)20)22(32)29-16-7-8-19(16)35-6/h9-13,16,19,28H,7-8H2,1-6H3,(H,26,33)(H,29,32)/t16-,19-/m0/s1. The molecular weight excluding hydrogens is 480 g/mol. The summed E-state index contributed by atoms with van der Waals surface area (Å²) >= 11 is 0. The van der Waals surface area contributed by atoms with Crippen LogP contribution in [-0.4, -0.2) is 66.5 Å². The molecule has 1 fully saturated rings. The minimum atomic E-state index is -0.713. The zero-order chi connectivity index (χ0) is 26.9. The van der Waals surface area contributed by atoms with E-state index in [-0.39, 0.29) is 23.8 Å². The van der Waals surface area contributed by atoms with Crippen LogP contribution in [0, 0.1) is 0 Å². The number of amides is 3. The van der Waals surface area contributed by atoms with E-state index in [1.165, 1.54) is 28.9 Å². The van der Waals surface area contributed by atoms with Crippen molar-refractivity contribution in [2.24, 2.45) is 0 Å². The van der Waals surface area contributed by atoms with Gasteiger partial charge in [-0.1, -0.05) is 0 Å². The monoisotopic (exact) mass is 512 g/mol. The zero-order valence-electron chi connectivity index (χ0n) is 21.7. The number of anilines is 3. The van der Waals surface area contributed by atoms with Crippen LogP contribution in [0.3, 0.4) is 0 Å². The van der Waals surface area contributed by atoms with E-state index in [1.54, 1.807) is 53.1 Å². The molecule has 0 bridgehead atoms. The minimum Gasteiger partial charge on any atom is -0.457 e. The van der Waals surface area contributed by atoms with Gasteiger partial charge in [-0.25, -0.2) is 9.31 Å². The predicted molar refractivity (Wildman–Crippen MR) is 136 cm³/mol. The minimum absolute atomic E-state index is 0.0268. The Morgan fingerprint density at radius 2 is 1.95 bits per heavy atom. The highest BCUT2D eigenvalue weighted by atomic mass is 16.6. The van der Waals surface area contributed by atoms with Gasteiger partial charge >= 0.3 is 6.09 Å². The molecule has 2 atom stereocenters. The largest absolute Gasteiger partial charge is 0.457 e. The topological polar surface area (TPSA) is 139 Å². The number of rotatable bonds is 7. The van der Waals surface area contributed by atoms with Gasteiger partial charge in [-0.05, 0) is 39.7 Å². The smallest absolute Gasteiger partial charge is 0.415 e. The van der Waals surface area contributed by atoms with Gasteiger partial charge in [0.05, 0.1) is 41.4 Å². The molecule has 3 aromatic rings. The van der Waals surface area contributed by atoms with Gasteiger partial charge in [0.25, 0.3) is 11.8 Å². The highest BCUT2D eigenvalue weighted by Gasteiger charge is 2.33. The van der Waals surface area contributed by atoms with Crippen LogP contribution in [0.2, 0.25) is 0 Å². The second kappa shape index (κ2) is 10.1. The third-order valence-electron chi connectivity index (χ3n) is 6.06. The highest BCUT2D eigenvalue weighted by Crippen LogP contribution is 2.30. The first-order valence-corrected chi connectivity index (χ1v) is 11.9. The van der Waals surface area contributed by atoms with Crippen LogP contribution >= 0.6 is 0 Å². The fourth-order valence-electron chi connectivity index (χ4n) is 3.99. The van der Waals surface area contributed by atoms with Crippen LogP contribution in [0.5, 0.6) is 0 Å². The molecule has 3 amide bonds. The van der Waals surface area contributed by atoms with Gasteiger partial charge in [0.1, 0.15) is 11.4 Å². The van der Waals surface area contributed by atoms with Gasteiger partial charge in [-0.15, -0.1) is 0 Å². The molecule has 0 aliphatic heterocycles. The lowest BCUT2D eigenvalue weighted by Gasteiger charge is -2.35. The number of nitrogens with one attached hydrogen (secondary N) is 3. The molecule has 12 heteroatoms. The number of carbonyl (C=O) groups excluding carboxylic acids is 3. The Labute approximate surface area is 214 Å². The second-order valence-electron chi connectivity index (χ2n) is 9.80. The third-order valence-corrected chi connectivity index (χ3v) is 6.06. The van der Waals surface area contributed by atoms with E-state index < -0.39 is 17.6 Å². The molecule has 37 heavy (non-hydrogen) atoms. The third kappa shape index (κ3) is 5.38. The number of nitrogens with zero attached hydrogens (tertiary/aromatic N) is 3. The molecule has 0 saturated heterocycles. The lowest BCUT2D eigenvalue weighted by atomic mass is 9.89. The number of hydrogen-bond acceptors (Lipinski definition) is 8. The van der Waals surface area contributed by atoms with E-state index in [0.29, 0.717) is 28.3 Å². The van der Waals surface area contributed by atoms with Gasteiger partial charge < -0.3 is 29.8 Å². The molecule has 1 aliphatic carbocycles. The van der Waals surface area contributed by atoms with Crippen LogP contribution in [-0.2, 0) is 9.47 Å². The fourth-order valence-corrected chi connectivity index (χ4v) is 3.99. The SMILES string of the molecule is CNC(=O)c1occc1Nc1cc(N(C)C(=O)OC(C)(C)C)n2ncc(C(=O)N[C@H]3CC[C@@H]3OC)c2c1. The number of pyridine rings is 1. The lowest BCUT2D eigenvalue weighted by molar-refractivity contribution is 0.00732. The normalized spacial score (nSPS) is 17.1. The van der Waals surface area contributed by atoms with E-state index in [0.717, 1.165) is 12.8 Å². The van der Waals surface area contributed by atoms with Crippen LogP contribution in [0.15, 0.2) is 35.1 Å². The molecule has 1 aliphatic rings. The number of ether oxygens (including phenoxy) is 2. The van der Waals surface area contributed by atoms with Crippen LogP contribution in [0.4, 0.5) is 22.0 Å². The molecule has 0 aromatic carbocycles. The van der Waals surface area contributed by atoms with Crippen LogP contribution in [0.25, 0.3) is 5.52 Å². The quantitative estimate of drug-likeness (QED) is 0.438. The summed E-state index contributed by atoms with van der Waals surface area (Å²) in [7, 11) is 4.68. The summed E-state index contributed by atoms with van der Waals surface area (Å²) in [5, 5.41) is 13.1. The van der Waals surface area contributed by atoms with E-state index in [2.05, 4.69) is 21.0 Å². The first kappa shape index (κ1) is 26.0. The summed E-state index contributed by atoms with van der Waals surface area (Å²) in [6, 6.07) is 4.90. The number of fused-ring (bicyclic) bond motifs is 1. The van der Waals surface area contributed by atoms with Crippen molar-refractivity contribution in [1.82, 2.24) is 20.2 Å². The van der Waals surface area contributed by atoms with Crippen LogP contribution in [0.1, 0.15) is 54.5 Å². The van der Waals surface area contributed by atoms with Crippen molar-refractivity contribution in [1.29, 1.82) is 0 Å². The molecule has 198 valence electrons. The average molecular weight is 513 g/mol. The summed E-state index contributed by atoms with van der Waals surface area (Å²) in [6.45, 7) is 5.32. The van der Waals surface area contributed by atoms with Gasteiger partial charge in [0.15, 0.2) is 0 Å². The maximum absolute atomic E-state index is 13.2. The van der Waals surface area contributed by atoms with Crippen molar-refractivity contribution in [3.05, 3.63) is 42.0 Å². The zero-order valence-corrected chi connectivity index (χ0v) is 21.7. The number of aromatic nitrogens is 2. The average Bonchev–Trinajstić information content (AvgIpc) is 3.46. The highest BCUT2D eigenvalue weighted by molar-refractivity contribution is 6.02. The Balaban J connectivity index is 1.75. The van der Waals surface area contributed by atoms with Crippen molar-refractivity contribution >= 4 is 40.6 Å². The molecule has 0 radical (unpaired) electrons. The van der Waals surface area contributed by atoms with Crippen molar-refractivity contribution in [2.75, 3.05) is 31.4 Å². The first-order chi connectivity index (χ1) is 17.5. The molecule has 3 N–H and O–H groups in total. The van der Waals surface area contributed by atoms with E-state index >= 15 is 0 Å². The molecule has 3 aromatic heterocycles. The molecule has 3 heterocycles. The number of hydrogen-bond donors (Lipinski definition) is 3. The summed E-state index contributed by atoms with van der Waals surface area (Å²) in [6.07, 6.45) is 3.93. The Morgan fingerprint density at radius 1 is 1.19 bits per heavy atom. The maximum atomic E-state index is 13.2. The lowest BCUT2D eigenvalue weighted by Crippen LogP contribution is -2.51. The van der Waals surface area contributed by atoms with Gasteiger partial charge in [-0.3, -0.25) is 14.5 Å². The Kier molecular flexibility index (Phi) is 7.12. The van der Waals surface area contributed by atoms with E-state index in [4.69, 9.17) is 13.9 Å². The molecular formula is C25H32N6O6. The number of furan rings is 1. The molecule has 0 spiro atoms. The summed E-state index contributed by atoms with van der Waals surface area (Å²) in [5.74, 6) is -0.278. The predicted octanol–water partition coefficient (Wildman–Crippen LogP) is 3.31. The van der Waals surface area contributed by atoms with E-state index in [1.807, 2.05) is 0 Å². The summed E-state index contributed by atoms with van der Waals surface area (Å²) in [5.41, 5.74) is 0.971. The Morgan fingerprint density at radius 3 is 2.57 bits per heavy atom. The van der Waals surface area contributed by atoms with Gasteiger partial charge in [-0.2, -0.15) is 5.10 Å². The van der Waals surface area contributed by atoms with Crippen LogP contribution < -0.4 is 20.9 Å². The first-order valence-electron chi connectivity index (χ1n) is 11.9. The van der Waals surface area contributed by atoms with Crippen molar-refractivity contribution in [2.45, 2.75) is 51.4 Å². The van der Waals surface area contributed by atoms with Gasteiger partial charge in [0.2, 0.25) is 5.76 Å². The molecule has 0 unspecified atom stereocenters. The summed E-state index contributed by atoms with van der Waals surface area (Å²) in [4.78, 5) is 39.6. The van der Waals surface area contributed by atoms with E-state index in [9.17, 15) is 14.4 Å². The van der Waals surface area contributed by atoms with Crippen molar-refractivity contribution in [3.63, 3.8) is 0 Å².